The number of alkyl carbamates (subject to hydrolysis) is 1. The van der Waals surface area contributed by atoms with Crippen LogP contribution in [0.2, 0.25) is 0 Å². The van der Waals surface area contributed by atoms with Gasteiger partial charge >= 0.3 is 30.0 Å². The largest absolute Gasteiger partial charge is 0.463 e. The van der Waals surface area contributed by atoms with E-state index in [1.165, 1.54) is 6.92 Å². The number of nitrogens with one attached hydrogen (secondary N) is 1. The Bertz CT molecular complexity index is 775. The van der Waals surface area contributed by atoms with Crippen molar-refractivity contribution in [3.05, 3.63) is 0 Å². The first kappa shape index (κ1) is 31.0. The number of hydrogen-bond donors (Lipinski definition) is 1. The maximum Gasteiger partial charge on any atom is 0.407 e. The third kappa shape index (κ3) is 12.5. The minimum absolute atomic E-state index is 0.181. The number of hydrogen-bond acceptors (Lipinski definition) is 12. The molecule has 0 saturated carbocycles. The quantitative estimate of drug-likeness (QED) is 0.174. The molecule has 1 rings (SSSR count). The number of ether oxygens (including phenoxy) is 7. The summed E-state index contributed by atoms with van der Waals surface area (Å²) in [6.07, 6.45) is -6.42. The van der Waals surface area contributed by atoms with E-state index in [4.69, 9.17) is 68.0 Å². The Hall–Kier alpha value is -2.06. The molecule has 1 aliphatic heterocycles. The number of carbonyl (C=O) groups is 5. The molecule has 0 unspecified atom stereocenters. The average Bonchev–Trinajstić information content (AvgIpc) is 2.70. The SMILES string of the molecule is CC(=O)OCCO[C@H]1O[C@H](COC(C)=O)[C@@H](OC(C)=O)[C@H](OC(C)=O)[C@@H]1NC(=O)OCC(Cl)(Cl)Cl. The van der Waals surface area contributed by atoms with Crippen LogP contribution in [0.1, 0.15) is 27.7 Å². The molecule has 35 heavy (non-hydrogen) atoms. The molecular weight excluding hydrogens is 541 g/mol. The van der Waals surface area contributed by atoms with Gasteiger partial charge in [-0.1, -0.05) is 34.8 Å². The lowest BCUT2D eigenvalue weighted by molar-refractivity contribution is -0.278. The van der Waals surface area contributed by atoms with E-state index in [2.05, 4.69) is 5.32 Å². The molecule has 0 aromatic carbocycles. The standard InChI is InChI=1S/C19H26Cl3NO12/c1-9(24)29-5-6-30-17-14(23-18(28)32-8-19(20,21)22)16(34-12(4)27)15(33-11(3)26)13(35-17)7-31-10(2)25/h13-17H,5-8H2,1-4H3,(H,23,28)/t13-,14+,15-,16-,17+/m1/s1. The zero-order valence-electron chi connectivity index (χ0n) is 19.2. The second-order valence-electron chi connectivity index (χ2n) is 7.07. The van der Waals surface area contributed by atoms with Crippen LogP contribution in [0.25, 0.3) is 0 Å². The maximum atomic E-state index is 12.4. The van der Waals surface area contributed by atoms with E-state index in [0.717, 1.165) is 20.8 Å². The molecule has 0 spiro atoms. The van der Waals surface area contributed by atoms with Crippen LogP contribution >= 0.6 is 34.8 Å². The zero-order valence-corrected chi connectivity index (χ0v) is 21.5. The van der Waals surface area contributed by atoms with E-state index in [-0.39, 0.29) is 13.2 Å². The van der Waals surface area contributed by atoms with Gasteiger partial charge in [0.1, 0.15) is 32.0 Å². The first-order chi connectivity index (χ1) is 16.2. The fraction of sp³-hybridized carbons (Fsp3) is 0.737. The predicted octanol–water partition coefficient (Wildman–Crippen LogP) is 1.18. The van der Waals surface area contributed by atoms with E-state index < -0.39 is 77.6 Å². The molecule has 0 aromatic heterocycles. The van der Waals surface area contributed by atoms with Gasteiger partial charge in [-0.2, -0.15) is 0 Å². The van der Waals surface area contributed by atoms with Gasteiger partial charge in [0.05, 0.1) is 6.61 Å². The monoisotopic (exact) mass is 565 g/mol. The van der Waals surface area contributed by atoms with Crippen molar-refractivity contribution in [1.82, 2.24) is 5.32 Å². The molecule has 0 aliphatic carbocycles. The van der Waals surface area contributed by atoms with E-state index in [1.54, 1.807) is 0 Å². The van der Waals surface area contributed by atoms with E-state index in [1.807, 2.05) is 0 Å². The summed E-state index contributed by atoms with van der Waals surface area (Å²) < 4.78 is 34.6. The van der Waals surface area contributed by atoms with Crippen molar-refractivity contribution in [3.8, 4) is 0 Å². The lowest BCUT2D eigenvalue weighted by Crippen LogP contribution is -2.67. The first-order valence-corrected chi connectivity index (χ1v) is 11.2. The van der Waals surface area contributed by atoms with Crippen LogP contribution < -0.4 is 5.32 Å². The molecule has 0 radical (unpaired) electrons. The van der Waals surface area contributed by atoms with Crippen LogP contribution in [-0.2, 0) is 52.3 Å². The second-order valence-corrected chi connectivity index (χ2v) is 9.58. The van der Waals surface area contributed by atoms with Crippen LogP contribution in [0.4, 0.5) is 4.79 Å². The van der Waals surface area contributed by atoms with Crippen LogP contribution in [0, 0.1) is 0 Å². The molecule has 1 heterocycles. The Morgan fingerprint density at radius 2 is 1.37 bits per heavy atom. The first-order valence-electron chi connectivity index (χ1n) is 10.1. The third-order valence-corrected chi connectivity index (χ3v) is 4.35. The highest BCUT2D eigenvalue weighted by Crippen LogP contribution is 2.29. The molecule has 1 amide bonds. The summed E-state index contributed by atoms with van der Waals surface area (Å²) in [5, 5.41) is 2.36. The Balaban J connectivity index is 3.25. The summed E-state index contributed by atoms with van der Waals surface area (Å²) in [5.74, 6) is -2.82. The molecule has 200 valence electrons. The van der Waals surface area contributed by atoms with Gasteiger partial charge in [-0.25, -0.2) is 4.79 Å². The van der Waals surface area contributed by atoms with Crippen LogP contribution in [0.3, 0.4) is 0 Å². The molecular formula is C19H26Cl3NO12. The molecule has 5 atom stereocenters. The van der Waals surface area contributed by atoms with Crippen molar-refractivity contribution >= 4 is 64.8 Å². The topological polar surface area (TPSA) is 162 Å². The smallest absolute Gasteiger partial charge is 0.407 e. The van der Waals surface area contributed by atoms with E-state index in [0.29, 0.717) is 0 Å². The van der Waals surface area contributed by atoms with Crippen LogP contribution in [0.15, 0.2) is 0 Å². The average molecular weight is 567 g/mol. The molecule has 1 aliphatic rings. The number of alkyl halides is 3. The number of esters is 4. The fourth-order valence-corrected chi connectivity index (χ4v) is 3.04. The van der Waals surface area contributed by atoms with E-state index in [9.17, 15) is 24.0 Å². The van der Waals surface area contributed by atoms with Gasteiger partial charge in [0.2, 0.25) is 3.79 Å². The molecule has 13 nitrogen and oxygen atoms in total. The van der Waals surface area contributed by atoms with Crippen molar-refractivity contribution < 1.29 is 57.1 Å². The van der Waals surface area contributed by atoms with Gasteiger partial charge in [-0.15, -0.1) is 0 Å². The van der Waals surface area contributed by atoms with Gasteiger partial charge in [-0.05, 0) is 0 Å². The molecule has 0 bridgehead atoms. The summed E-state index contributed by atoms with van der Waals surface area (Å²) in [7, 11) is 0. The van der Waals surface area contributed by atoms with Crippen molar-refractivity contribution in [3.63, 3.8) is 0 Å². The van der Waals surface area contributed by atoms with Crippen LogP contribution in [0.5, 0.6) is 0 Å². The number of rotatable bonds is 10. The van der Waals surface area contributed by atoms with Gasteiger partial charge in [0.15, 0.2) is 18.5 Å². The minimum atomic E-state index is -1.91. The predicted molar refractivity (Wildman–Crippen MR) is 118 cm³/mol. The molecule has 0 aromatic rings. The maximum absolute atomic E-state index is 12.4. The van der Waals surface area contributed by atoms with Crippen molar-refractivity contribution in [1.29, 1.82) is 0 Å². The summed E-state index contributed by atoms with van der Waals surface area (Å²) in [4.78, 5) is 58.3. The lowest BCUT2D eigenvalue weighted by atomic mass is 9.96. The second kappa shape index (κ2) is 14.5. The highest BCUT2D eigenvalue weighted by atomic mass is 35.6. The Labute approximate surface area is 215 Å². The Morgan fingerprint density at radius 3 is 1.89 bits per heavy atom. The highest BCUT2D eigenvalue weighted by Gasteiger charge is 2.51. The van der Waals surface area contributed by atoms with Gasteiger partial charge in [-0.3, -0.25) is 19.2 Å². The normalized spacial score (nSPS) is 24.0. The summed E-state index contributed by atoms with van der Waals surface area (Å²) in [5.41, 5.74) is 0. The highest BCUT2D eigenvalue weighted by molar-refractivity contribution is 6.67. The molecule has 1 saturated heterocycles. The van der Waals surface area contributed by atoms with Gasteiger partial charge < -0.3 is 38.5 Å². The fourth-order valence-electron chi connectivity index (χ4n) is 2.87. The number of amides is 1. The summed E-state index contributed by atoms with van der Waals surface area (Å²) in [6, 6.07) is -1.34. The third-order valence-electron chi connectivity index (χ3n) is 4.02. The van der Waals surface area contributed by atoms with Crippen molar-refractivity contribution in [2.45, 2.75) is 62.1 Å². The Morgan fingerprint density at radius 1 is 0.800 bits per heavy atom. The molecule has 1 fully saturated rings. The molecule has 1 N–H and O–H groups in total. The number of carbonyl (C=O) groups excluding carboxylic acids is 5. The van der Waals surface area contributed by atoms with Gasteiger partial charge in [0, 0.05) is 27.7 Å². The van der Waals surface area contributed by atoms with E-state index >= 15 is 0 Å². The number of halogens is 3. The lowest BCUT2D eigenvalue weighted by Gasteiger charge is -2.44. The van der Waals surface area contributed by atoms with Crippen molar-refractivity contribution in [2.24, 2.45) is 0 Å². The van der Waals surface area contributed by atoms with Crippen molar-refractivity contribution in [2.75, 3.05) is 26.4 Å². The minimum Gasteiger partial charge on any atom is -0.463 e. The summed E-state index contributed by atoms with van der Waals surface area (Å²) >= 11 is 16.7. The van der Waals surface area contributed by atoms with Gasteiger partial charge in [0.25, 0.3) is 0 Å². The summed E-state index contributed by atoms with van der Waals surface area (Å²) in [6.45, 7) is 3.07. The zero-order chi connectivity index (χ0) is 26.8. The molecule has 16 heteroatoms. The van der Waals surface area contributed by atoms with Crippen LogP contribution in [-0.4, -0.2) is 90.8 Å². The Kier molecular flexibility index (Phi) is 12.8.